The van der Waals surface area contributed by atoms with Gasteiger partial charge >= 0.3 is 28.4 Å². The molecule has 0 bridgehead atoms. The van der Waals surface area contributed by atoms with Crippen molar-refractivity contribution in [3.8, 4) is 0 Å². The summed E-state index contributed by atoms with van der Waals surface area (Å²) in [6.07, 6.45) is 0. The van der Waals surface area contributed by atoms with Crippen LogP contribution >= 0.6 is 0 Å². The van der Waals surface area contributed by atoms with Gasteiger partial charge in [0, 0.05) is 6.07 Å². The summed E-state index contributed by atoms with van der Waals surface area (Å²) < 4.78 is 0. The number of nitrogens with zero attached hydrogens (tertiary/aromatic N) is 8. The Morgan fingerprint density at radius 2 is 0.875 bits per heavy atom. The van der Waals surface area contributed by atoms with Gasteiger partial charge in [0.1, 0.15) is 0 Å². The highest BCUT2D eigenvalue weighted by atomic mass is 16.7. The van der Waals surface area contributed by atoms with Crippen LogP contribution in [0, 0.1) is 60.7 Å². The zero-order valence-corrected chi connectivity index (χ0v) is 14.8. The van der Waals surface area contributed by atoms with Crippen molar-refractivity contribution in [1.29, 1.82) is 0 Å². The Bertz CT molecular complexity index is 1200. The molecule has 32 heavy (non-hydrogen) atoms. The molecule has 0 saturated heterocycles. The second-order valence-corrected chi connectivity index (χ2v) is 5.32. The van der Waals surface area contributed by atoms with Crippen LogP contribution in [-0.2, 0) is 0 Å². The zero-order chi connectivity index (χ0) is 24.3. The maximum absolute atomic E-state index is 11.4. The Kier molecular flexibility index (Phi) is 5.99. The highest BCUT2D eigenvalue weighted by molar-refractivity contribution is 5.92. The number of hydrogen-bond acceptors (Lipinski definition) is 14. The van der Waals surface area contributed by atoms with Crippen LogP contribution in [0.4, 0.5) is 45.5 Å². The Labute approximate surface area is 171 Å². The fourth-order valence-electron chi connectivity index (χ4n) is 2.44. The quantitative estimate of drug-likeness (QED) is 0.315. The van der Waals surface area contributed by atoms with Gasteiger partial charge in [-0.3, -0.25) is 60.7 Å². The zero-order valence-electron chi connectivity index (χ0n) is 14.8. The van der Waals surface area contributed by atoms with Crippen LogP contribution in [0.15, 0.2) is 34.5 Å². The molecule has 0 fully saturated rings. The van der Waals surface area contributed by atoms with E-state index in [0.717, 1.165) is 12.1 Å². The van der Waals surface area contributed by atoms with Crippen molar-refractivity contribution in [2.45, 2.75) is 0 Å². The molecular formula is C12H4N8O12. The molecule has 0 heterocycles. The van der Waals surface area contributed by atoms with Crippen LogP contribution in [0.25, 0.3) is 0 Å². The van der Waals surface area contributed by atoms with Crippen LogP contribution < -0.4 is 0 Å². The van der Waals surface area contributed by atoms with Gasteiger partial charge in [-0.1, -0.05) is 12.1 Å². The molecule has 0 saturated carbocycles. The van der Waals surface area contributed by atoms with Gasteiger partial charge in [-0.2, -0.15) is 0 Å². The largest absolute Gasteiger partial charge is 0.437 e. The van der Waals surface area contributed by atoms with E-state index < -0.39 is 75.0 Å². The summed E-state index contributed by atoms with van der Waals surface area (Å²) in [6, 6.07) is 4.21. The number of hydrogen-bond donors (Lipinski definition) is 0. The second-order valence-electron chi connectivity index (χ2n) is 5.32. The monoisotopic (exact) mass is 452 g/mol. The number of azo groups is 1. The van der Waals surface area contributed by atoms with E-state index in [4.69, 9.17) is 0 Å². The van der Waals surface area contributed by atoms with Gasteiger partial charge < -0.3 is 0 Å². The highest BCUT2D eigenvalue weighted by Gasteiger charge is 2.55. The first kappa shape index (κ1) is 22.7. The van der Waals surface area contributed by atoms with Crippen LogP contribution in [-0.4, -0.2) is 29.5 Å². The number of benzene rings is 2. The summed E-state index contributed by atoms with van der Waals surface area (Å²) in [5.41, 5.74) is -13.2. The maximum Gasteiger partial charge on any atom is 0.437 e. The molecule has 20 heteroatoms. The molecule has 0 aliphatic rings. The number of nitro groups is 6. The molecule has 0 spiro atoms. The standard InChI is InChI=1S/C12H4N8O12/c21-15(22)6-4-2-1-3-5(6)13-14-7-8(16(23)24)10(18(27)28)12(20(31)32)11(19(29)30)9(7)17(25)26/h1-4H/b14-13-. The summed E-state index contributed by atoms with van der Waals surface area (Å²) >= 11 is 0. The number of rotatable bonds is 8. The second kappa shape index (κ2) is 8.44. The molecule has 0 unspecified atom stereocenters. The third-order valence-corrected chi connectivity index (χ3v) is 3.59. The van der Waals surface area contributed by atoms with E-state index >= 15 is 0 Å². The first-order valence-corrected chi connectivity index (χ1v) is 7.51. The van der Waals surface area contributed by atoms with E-state index in [1.54, 1.807) is 0 Å². The Morgan fingerprint density at radius 1 is 0.500 bits per heavy atom. The third-order valence-electron chi connectivity index (χ3n) is 3.59. The molecule has 2 rings (SSSR count). The van der Waals surface area contributed by atoms with Crippen molar-refractivity contribution >= 4 is 45.5 Å². The molecule has 0 aromatic heterocycles. The summed E-state index contributed by atoms with van der Waals surface area (Å²) in [7, 11) is 0. The summed E-state index contributed by atoms with van der Waals surface area (Å²) in [5.74, 6) is 0. The normalized spacial score (nSPS) is 10.6. The van der Waals surface area contributed by atoms with Gasteiger partial charge in [0.15, 0.2) is 5.69 Å². The Morgan fingerprint density at radius 3 is 1.25 bits per heavy atom. The maximum atomic E-state index is 11.4. The Balaban J connectivity index is 3.12. The van der Waals surface area contributed by atoms with Gasteiger partial charge in [-0.05, 0) is 6.07 Å². The van der Waals surface area contributed by atoms with E-state index in [9.17, 15) is 60.7 Å². The van der Waals surface area contributed by atoms with Gasteiger partial charge in [0.05, 0.1) is 29.5 Å². The molecule has 0 N–H and O–H groups in total. The van der Waals surface area contributed by atoms with Crippen molar-refractivity contribution in [2.75, 3.05) is 0 Å². The minimum atomic E-state index is -2.12. The lowest BCUT2D eigenvalue weighted by atomic mass is 10.1. The lowest BCUT2D eigenvalue weighted by Gasteiger charge is -2.03. The van der Waals surface area contributed by atoms with Crippen molar-refractivity contribution in [3.63, 3.8) is 0 Å². The molecule has 20 nitrogen and oxygen atoms in total. The lowest BCUT2D eigenvalue weighted by Crippen LogP contribution is -2.08. The third kappa shape index (κ3) is 3.93. The van der Waals surface area contributed by atoms with Crippen molar-refractivity contribution in [2.24, 2.45) is 10.2 Å². The van der Waals surface area contributed by atoms with Crippen LogP contribution in [0.2, 0.25) is 0 Å². The molecular weight excluding hydrogens is 448 g/mol. The lowest BCUT2D eigenvalue weighted by molar-refractivity contribution is -0.459. The predicted octanol–water partition coefficient (Wildman–Crippen LogP) is 3.55. The molecule has 0 radical (unpaired) electrons. The van der Waals surface area contributed by atoms with Gasteiger partial charge in [-0.25, -0.2) is 0 Å². The Hall–Kier alpha value is -5.56. The number of nitro benzene ring substituents is 6. The summed E-state index contributed by atoms with van der Waals surface area (Å²) in [5, 5.41) is 74.1. The predicted molar refractivity (Wildman–Crippen MR) is 97.0 cm³/mol. The van der Waals surface area contributed by atoms with Crippen LogP contribution in [0.5, 0.6) is 0 Å². The van der Waals surface area contributed by atoms with E-state index in [0.29, 0.717) is 0 Å². The average Bonchev–Trinajstić information content (AvgIpc) is 2.69. The highest BCUT2D eigenvalue weighted by Crippen LogP contribution is 2.55. The van der Waals surface area contributed by atoms with Crippen LogP contribution in [0.1, 0.15) is 0 Å². The molecule has 2 aromatic carbocycles. The molecule has 2 aromatic rings. The first-order chi connectivity index (χ1) is 14.9. The summed E-state index contributed by atoms with van der Waals surface area (Å²) in [6.45, 7) is 0. The van der Waals surface area contributed by atoms with Crippen molar-refractivity contribution in [1.82, 2.24) is 0 Å². The SMILES string of the molecule is O=[N+]([O-])c1ccccc1/N=N\c1c([N+](=O)[O-])c([N+](=O)[O-])c([N+](=O)[O-])c([N+](=O)[O-])c1[N+](=O)[O-]. The fourth-order valence-corrected chi connectivity index (χ4v) is 2.44. The van der Waals surface area contributed by atoms with E-state index in [1.807, 2.05) is 0 Å². The number of para-hydroxylation sites is 1. The molecule has 0 atom stereocenters. The van der Waals surface area contributed by atoms with Crippen LogP contribution in [0.3, 0.4) is 0 Å². The topological polar surface area (TPSA) is 284 Å². The van der Waals surface area contributed by atoms with Gasteiger partial charge in [0.25, 0.3) is 11.4 Å². The van der Waals surface area contributed by atoms with Gasteiger partial charge in [0.2, 0.25) is 0 Å². The minimum absolute atomic E-state index is 0.634. The molecule has 0 aliphatic carbocycles. The van der Waals surface area contributed by atoms with E-state index in [2.05, 4.69) is 10.2 Å². The molecule has 0 amide bonds. The fraction of sp³-hybridized carbons (Fsp3) is 0. The summed E-state index contributed by atoms with van der Waals surface area (Å²) in [4.78, 5) is 58.3. The smallest absolute Gasteiger partial charge is 0.258 e. The van der Waals surface area contributed by atoms with Gasteiger partial charge in [-0.15, -0.1) is 10.2 Å². The molecule has 0 aliphatic heterocycles. The van der Waals surface area contributed by atoms with E-state index in [1.165, 1.54) is 12.1 Å². The average molecular weight is 452 g/mol. The minimum Gasteiger partial charge on any atom is -0.258 e. The van der Waals surface area contributed by atoms with Crippen molar-refractivity contribution < 1.29 is 29.5 Å². The molecule has 164 valence electrons. The first-order valence-electron chi connectivity index (χ1n) is 7.51. The van der Waals surface area contributed by atoms with E-state index in [-0.39, 0.29) is 0 Å². The van der Waals surface area contributed by atoms with Crippen molar-refractivity contribution in [3.05, 3.63) is 85.0 Å².